The molecule has 0 amide bonds. The first kappa shape index (κ1) is 28.8. The quantitative estimate of drug-likeness (QED) is 0.177. The lowest BCUT2D eigenvalue weighted by molar-refractivity contribution is 0.669. The third-order valence-corrected chi connectivity index (χ3v) is 13.9. The summed E-state index contributed by atoms with van der Waals surface area (Å²) >= 11 is 0. The second-order valence-corrected chi connectivity index (χ2v) is 18.0. The highest BCUT2D eigenvalue weighted by atomic mass is 28.3. The van der Waals surface area contributed by atoms with Gasteiger partial charge in [0.25, 0.3) is 0 Å². The lowest BCUT2D eigenvalue weighted by atomic mass is 10.00. The summed E-state index contributed by atoms with van der Waals surface area (Å²) in [6.45, 7) is 4.88. The van der Waals surface area contributed by atoms with Crippen LogP contribution in [0.2, 0.25) is 13.1 Å². The van der Waals surface area contributed by atoms with E-state index in [1.54, 1.807) is 0 Å². The van der Waals surface area contributed by atoms with Crippen molar-refractivity contribution >= 4 is 51.2 Å². The minimum Gasteiger partial charge on any atom is -0.456 e. The van der Waals surface area contributed by atoms with Crippen LogP contribution >= 0.6 is 0 Å². The highest BCUT2D eigenvalue weighted by molar-refractivity contribution is 7.03. The van der Waals surface area contributed by atoms with Gasteiger partial charge in [-0.25, -0.2) is 15.0 Å². The van der Waals surface area contributed by atoms with Gasteiger partial charge < -0.3 is 4.42 Å². The van der Waals surface area contributed by atoms with Gasteiger partial charge in [-0.15, -0.1) is 0 Å². The molecule has 0 bridgehead atoms. The fourth-order valence-electron chi connectivity index (χ4n) is 7.76. The lowest BCUT2D eigenvalue weighted by Gasteiger charge is -2.18. The molecule has 0 saturated carbocycles. The molecule has 0 spiro atoms. The van der Waals surface area contributed by atoms with Gasteiger partial charge in [0.2, 0.25) is 0 Å². The molecule has 10 rings (SSSR count). The van der Waals surface area contributed by atoms with Crippen LogP contribution in [0.15, 0.2) is 156 Å². The molecule has 0 unspecified atom stereocenters. The van der Waals surface area contributed by atoms with Crippen LogP contribution in [0.3, 0.4) is 0 Å². The second-order valence-electron chi connectivity index (χ2n) is 13.7. The van der Waals surface area contributed by atoms with E-state index in [2.05, 4.69) is 134 Å². The van der Waals surface area contributed by atoms with Crippen molar-refractivity contribution in [3.05, 3.63) is 152 Å². The van der Waals surface area contributed by atoms with Gasteiger partial charge in [0.15, 0.2) is 17.5 Å². The third-order valence-electron chi connectivity index (χ3n) is 10.3. The Labute approximate surface area is 290 Å². The average Bonchev–Trinajstić information content (AvgIpc) is 3.66. The van der Waals surface area contributed by atoms with Gasteiger partial charge in [-0.05, 0) is 67.7 Å². The van der Waals surface area contributed by atoms with Crippen LogP contribution in [0.25, 0.3) is 89.1 Å². The highest BCUT2D eigenvalue weighted by Crippen LogP contribution is 2.37. The largest absolute Gasteiger partial charge is 0.456 e. The average molecular weight is 658 g/mol. The number of hydrogen-bond acceptors (Lipinski definition) is 4. The van der Waals surface area contributed by atoms with Crippen molar-refractivity contribution in [2.45, 2.75) is 13.1 Å². The van der Waals surface area contributed by atoms with Crippen molar-refractivity contribution in [1.29, 1.82) is 0 Å². The third kappa shape index (κ3) is 4.47. The van der Waals surface area contributed by atoms with E-state index in [1.807, 2.05) is 30.3 Å². The molecule has 0 atom stereocenters. The Bertz CT molecular complexity index is 2800. The van der Waals surface area contributed by atoms with Crippen LogP contribution in [0.4, 0.5) is 0 Å². The predicted octanol–water partition coefficient (Wildman–Crippen LogP) is 10.4. The molecule has 0 radical (unpaired) electrons. The van der Waals surface area contributed by atoms with Gasteiger partial charge in [0.05, 0.1) is 0 Å². The van der Waals surface area contributed by atoms with E-state index in [9.17, 15) is 0 Å². The van der Waals surface area contributed by atoms with Crippen molar-refractivity contribution < 1.29 is 4.42 Å². The second kappa shape index (κ2) is 10.9. The topological polar surface area (TPSA) is 51.8 Å². The summed E-state index contributed by atoms with van der Waals surface area (Å²) in [5, 5.41) is 7.45. The summed E-state index contributed by atoms with van der Waals surface area (Å²) in [5.74, 6) is 1.91. The number of hydrogen-bond donors (Lipinski definition) is 0. The number of fused-ring (bicyclic) bond motifs is 7. The summed E-state index contributed by atoms with van der Waals surface area (Å²) in [7, 11) is -1.79. The highest BCUT2D eigenvalue weighted by Gasteiger charge is 2.37. The summed E-state index contributed by atoms with van der Waals surface area (Å²) < 4.78 is 6.26. The zero-order valence-corrected chi connectivity index (χ0v) is 28.7. The van der Waals surface area contributed by atoms with Crippen LogP contribution in [0.5, 0.6) is 0 Å². The molecule has 0 N–H and O–H groups in total. The maximum Gasteiger partial charge on any atom is 0.164 e. The summed E-state index contributed by atoms with van der Waals surface area (Å²) in [6.07, 6.45) is 0. The Morgan fingerprint density at radius 3 is 1.92 bits per heavy atom. The predicted molar refractivity (Wildman–Crippen MR) is 209 cm³/mol. The van der Waals surface area contributed by atoms with E-state index in [1.165, 1.54) is 37.8 Å². The molecule has 236 valence electrons. The number of benzene rings is 7. The molecule has 7 aromatic carbocycles. The Balaban J connectivity index is 1.15. The molecule has 3 heterocycles. The van der Waals surface area contributed by atoms with Gasteiger partial charge in [-0.3, -0.25) is 0 Å². The standard InChI is InChI=1S/C45H31N3OSi/c1-50(2)40-17-8-6-12-34(40)37-27-33(24-25-41(37)50)44-46-43(30-21-18-29(19-22-30)32-23-20-28-10-3-4-11-31(28)26-32)47-45(48-44)36-14-9-16-39-42(36)35-13-5-7-15-38(35)49-39/h3-27H,1-2H3. The summed E-state index contributed by atoms with van der Waals surface area (Å²) in [4.78, 5) is 15.5. The Morgan fingerprint density at radius 1 is 0.420 bits per heavy atom. The van der Waals surface area contributed by atoms with Crippen molar-refractivity contribution in [2.75, 3.05) is 0 Å². The number of furan rings is 1. The number of para-hydroxylation sites is 1. The zero-order chi connectivity index (χ0) is 33.4. The minimum atomic E-state index is -1.79. The molecular weight excluding hydrogens is 627 g/mol. The molecule has 1 aliphatic heterocycles. The molecule has 2 aromatic heterocycles. The van der Waals surface area contributed by atoms with Gasteiger partial charge in [-0.1, -0.05) is 140 Å². The molecule has 4 nitrogen and oxygen atoms in total. The first-order valence-corrected chi connectivity index (χ1v) is 20.0. The maximum absolute atomic E-state index is 6.26. The maximum atomic E-state index is 6.26. The monoisotopic (exact) mass is 657 g/mol. The molecular formula is C45H31N3OSi. The van der Waals surface area contributed by atoms with E-state index in [0.29, 0.717) is 17.5 Å². The Hall–Kier alpha value is -6.17. The van der Waals surface area contributed by atoms with Crippen molar-refractivity contribution in [2.24, 2.45) is 0 Å². The number of aromatic nitrogens is 3. The Morgan fingerprint density at radius 2 is 1.04 bits per heavy atom. The van der Waals surface area contributed by atoms with Crippen molar-refractivity contribution in [3.63, 3.8) is 0 Å². The van der Waals surface area contributed by atoms with E-state index >= 15 is 0 Å². The van der Waals surface area contributed by atoms with Gasteiger partial charge in [-0.2, -0.15) is 0 Å². The zero-order valence-electron chi connectivity index (χ0n) is 27.7. The molecule has 0 saturated heterocycles. The fourth-order valence-corrected chi connectivity index (χ4v) is 10.8. The van der Waals surface area contributed by atoms with Crippen LogP contribution < -0.4 is 10.4 Å². The van der Waals surface area contributed by atoms with Crippen molar-refractivity contribution in [3.8, 4) is 56.4 Å². The van der Waals surface area contributed by atoms with Crippen LogP contribution in [0.1, 0.15) is 0 Å². The molecule has 1 aliphatic rings. The van der Waals surface area contributed by atoms with E-state index < -0.39 is 8.07 Å². The number of rotatable bonds is 4. The number of nitrogens with zero attached hydrogens (tertiary/aromatic N) is 3. The Kier molecular flexibility index (Phi) is 6.29. The van der Waals surface area contributed by atoms with Gasteiger partial charge in [0.1, 0.15) is 19.2 Å². The summed E-state index contributed by atoms with van der Waals surface area (Å²) in [5.41, 5.74) is 9.44. The van der Waals surface area contributed by atoms with Crippen LogP contribution in [-0.4, -0.2) is 23.0 Å². The lowest BCUT2D eigenvalue weighted by Crippen LogP contribution is -2.49. The van der Waals surface area contributed by atoms with Crippen LogP contribution in [0, 0.1) is 0 Å². The fraction of sp³-hybridized carbons (Fsp3) is 0.0444. The van der Waals surface area contributed by atoms with Gasteiger partial charge in [0, 0.05) is 27.5 Å². The smallest absolute Gasteiger partial charge is 0.164 e. The first-order valence-electron chi connectivity index (χ1n) is 17.0. The SMILES string of the molecule is C[Si]1(C)c2ccccc2-c2cc(-c3nc(-c4ccc(-c5ccc6ccccc6c5)cc4)nc(-c4cccc5oc6ccccc6c45)n3)ccc21. The molecule has 5 heteroatoms. The van der Waals surface area contributed by atoms with E-state index in [0.717, 1.165) is 44.2 Å². The normalized spacial score (nSPS) is 13.2. The minimum absolute atomic E-state index is 0.622. The molecule has 50 heavy (non-hydrogen) atoms. The van der Waals surface area contributed by atoms with Gasteiger partial charge >= 0.3 is 0 Å². The van der Waals surface area contributed by atoms with Crippen LogP contribution in [-0.2, 0) is 0 Å². The van der Waals surface area contributed by atoms with E-state index in [4.69, 9.17) is 19.4 Å². The first-order chi connectivity index (χ1) is 24.5. The summed E-state index contributed by atoms with van der Waals surface area (Å²) in [6, 6.07) is 53.5. The molecule has 0 aliphatic carbocycles. The van der Waals surface area contributed by atoms with E-state index in [-0.39, 0.29) is 0 Å². The molecule has 0 fully saturated rings. The molecule has 9 aromatic rings. The van der Waals surface area contributed by atoms with Crippen molar-refractivity contribution in [1.82, 2.24) is 15.0 Å².